The van der Waals surface area contributed by atoms with E-state index in [0.29, 0.717) is 12.2 Å². The summed E-state index contributed by atoms with van der Waals surface area (Å²) in [4.78, 5) is 11.0. The molecule has 1 aromatic rings. The van der Waals surface area contributed by atoms with Gasteiger partial charge in [-0.2, -0.15) is 5.26 Å². The summed E-state index contributed by atoms with van der Waals surface area (Å²) in [6.45, 7) is 0. The maximum Gasteiger partial charge on any atom is 0.363 e. The molecule has 4 nitrogen and oxygen atoms in total. The van der Waals surface area contributed by atoms with E-state index in [0.717, 1.165) is 5.56 Å². The van der Waals surface area contributed by atoms with Gasteiger partial charge >= 0.3 is 5.97 Å². The molecule has 76 valence electrons. The molecular formula is C11H9NO3. The second kappa shape index (κ2) is 3.28. The van der Waals surface area contributed by atoms with Gasteiger partial charge in [-0.3, -0.25) is 0 Å². The van der Waals surface area contributed by atoms with Crippen LogP contribution in [-0.2, 0) is 11.2 Å². The first-order valence-corrected chi connectivity index (χ1v) is 4.59. The van der Waals surface area contributed by atoms with Gasteiger partial charge in [0.1, 0.15) is 11.8 Å². The van der Waals surface area contributed by atoms with Crippen LogP contribution in [0.5, 0.6) is 5.75 Å². The highest BCUT2D eigenvalue weighted by molar-refractivity contribution is 5.82. The highest BCUT2D eigenvalue weighted by Gasteiger charge is 2.44. The van der Waals surface area contributed by atoms with Crippen LogP contribution in [0.4, 0.5) is 0 Å². The molecule has 0 spiro atoms. The van der Waals surface area contributed by atoms with Gasteiger partial charge in [-0.15, -0.1) is 0 Å². The minimum Gasteiger partial charge on any atom is -0.477 e. The fourth-order valence-corrected chi connectivity index (χ4v) is 1.64. The smallest absolute Gasteiger partial charge is 0.363 e. The molecule has 0 amide bonds. The number of benzene rings is 1. The van der Waals surface area contributed by atoms with Gasteiger partial charge in [0.2, 0.25) is 0 Å². The van der Waals surface area contributed by atoms with Crippen LogP contribution < -0.4 is 4.74 Å². The van der Waals surface area contributed by atoms with Crippen molar-refractivity contribution in [2.45, 2.75) is 18.4 Å². The first-order chi connectivity index (χ1) is 7.18. The third kappa shape index (κ3) is 1.42. The normalized spacial score (nSPS) is 23.4. The molecule has 1 aromatic carbocycles. The number of carbonyl (C=O) groups is 1. The second-order valence-electron chi connectivity index (χ2n) is 3.45. The molecule has 0 aromatic heterocycles. The van der Waals surface area contributed by atoms with Crippen molar-refractivity contribution in [1.29, 1.82) is 5.26 Å². The number of hydrogen-bond donors (Lipinski definition) is 1. The standard InChI is InChI=1S/C11H9NO3/c12-7-11(10(13)14)6-5-8-3-1-2-4-9(8)15-11/h1-4H,5-6H2,(H,13,14). The molecule has 1 atom stereocenters. The Morgan fingerprint density at radius 1 is 1.53 bits per heavy atom. The molecule has 0 saturated heterocycles. The van der Waals surface area contributed by atoms with E-state index in [2.05, 4.69) is 0 Å². The van der Waals surface area contributed by atoms with E-state index in [1.807, 2.05) is 12.1 Å². The van der Waals surface area contributed by atoms with Crippen LogP contribution in [-0.4, -0.2) is 16.7 Å². The Balaban J connectivity index is 2.40. The largest absolute Gasteiger partial charge is 0.477 e. The van der Waals surface area contributed by atoms with E-state index in [4.69, 9.17) is 15.1 Å². The number of para-hydroxylation sites is 1. The molecule has 4 heteroatoms. The fraction of sp³-hybridized carbons (Fsp3) is 0.273. The van der Waals surface area contributed by atoms with E-state index < -0.39 is 11.6 Å². The molecule has 0 saturated carbocycles. The Labute approximate surface area is 86.7 Å². The van der Waals surface area contributed by atoms with Crippen molar-refractivity contribution < 1.29 is 14.6 Å². The maximum absolute atomic E-state index is 11.0. The van der Waals surface area contributed by atoms with E-state index >= 15 is 0 Å². The number of ether oxygens (including phenoxy) is 1. The van der Waals surface area contributed by atoms with Gasteiger partial charge in [0, 0.05) is 6.42 Å². The Kier molecular flexibility index (Phi) is 2.09. The number of fused-ring (bicyclic) bond motifs is 1. The van der Waals surface area contributed by atoms with Gasteiger partial charge < -0.3 is 9.84 Å². The average molecular weight is 203 g/mol. The number of nitrogens with zero attached hydrogens (tertiary/aromatic N) is 1. The van der Waals surface area contributed by atoms with Crippen molar-refractivity contribution in [1.82, 2.24) is 0 Å². The Morgan fingerprint density at radius 2 is 2.27 bits per heavy atom. The summed E-state index contributed by atoms with van der Waals surface area (Å²) in [6, 6.07) is 8.92. The highest BCUT2D eigenvalue weighted by Crippen LogP contribution is 2.32. The summed E-state index contributed by atoms with van der Waals surface area (Å²) in [5.74, 6) is -0.729. The average Bonchev–Trinajstić information content (AvgIpc) is 2.28. The van der Waals surface area contributed by atoms with Gasteiger partial charge in [0.05, 0.1) is 0 Å². The van der Waals surface area contributed by atoms with E-state index in [-0.39, 0.29) is 6.42 Å². The minimum atomic E-state index is -1.71. The first kappa shape index (κ1) is 9.53. The number of carboxylic acids is 1. The van der Waals surface area contributed by atoms with Gasteiger partial charge in [-0.1, -0.05) is 18.2 Å². The molecule has 1 aliphatic rings. The summed E-state index contributed by atoms with van der Waals surface area (Å²) < 4.78 is 5.27. The van der Waals surface area contributed by atoms with E-state index in [1.54, 1.807) is 18.2 Å². The molecule has 0 radical (unpaired) electrons. The molecule has 0 aliphatic carbocycles. The van der Waals surface area contributed by atoms with Crippen LogP contribution in [0.2, 0.25) is 0 Å². The topological polar surface area (TPSA) is 70.3 Å². The number of aryl methyl sites for hydroxylation is 1. The summed E-state index contributed by atoms with van der Waals surface area (Å²) in [6.07, 6.45) is 0.742. The van der Waals surface area contributed by atoms with Crippen molar-refractivity contribution in [3.05, 3.63) is 29.8 Å². The summed E-state index contributed by atoms with van der Waals surface area (Å²) in [7, 11) is 0. The zero-order valence-electron chi connectivity index (χ0n) is 7.93. The number of nitriles is 1. The van der Waals surface area contributed by atoms with Crippen molar-refractivity contribution >= 4 is 5.97 Å². The lowest BCUT2D eigenvalue weighted by molar-refractivity contribution is -0.151. The quantitative estimate of drug-likeness (QED) is 0.748. The van der Waals surface area contributed by atoms with Crippen molar-refractivity contribution in [2.75, 3.05) is 0 Å². The zero-order chi connectivity index (χ0) is 10.9. The van der Waals surface area contributed by atoms with Gasteiger partial charge in [0.15, 0.2) is 0 Å². The molecule has 2 rings (SSSR count). The van der Waals surface area contributed by atoms with Gasteiger partial charge in [0.25, 0.3) is 5.60 Å². The van der Waals surface area contributed by atoms with Crippen LogP contribution in [0.15, 0.2) is 24.3 Å². The maximum atomic E-state index is 11.0. The fourth-order valence-electron chi connectivity index (χ4n) is 1.64. The lowest BCUT2D eigenvalue weighted by Crippen LogP contribution is -2.45. The lowest BCUT2D eigenvalue weighted by atomic mass is 9.92. The molecule has 1 heterocycles. The van der Waals surface area contributed by atoms with Crippen LogP contribution in [0.1, 0.15) is 12.0 Å². The Hall–Kier alpha value is -2.02. The van der Waals surface area contributed by atoms with E-state index in [1.165, 1.54) is 0 Å². The number of aliphatic carboxylic acids is 1. The molecule has 1 N–H and O–H groups in total. The molecule has 0 fully saturated rings. The van der Waals surface area contributed by atoms with Crippen LogP contribution in [0.3, 0.4) is 0 Å². The molecule has 0 bridgehead atoms. The number of rotatable bonds is 1. The van der Waals surface area contributed by atoms with E-state index in [9.17, 15) is 4.79 Å². The van der Waals surface area contributed by atoms with Crippen molar-refractivity contribution in [2.24, 2.45) is 0 Å². The lowest BCUT2D eigenvalue weighted by Gasteiger charge is -2.29. The summed E-state index contributed by atoms with van der Waals surface area (Å²) in [5, 5.41) is 17.8. The van der Waals surface area contributed by atoms with Crippen LogP contribution in [0, 0.1) is 11.3 Å². The minimum absolute atomic E-state index is 0.190. The monoisotopic (exact) mass is 203 g/mol. The van der Waals surface area contributed by atoms with Crippen LogP contribution >= 0.6 is 0 Å². The third-order valence-electron chi connectivity index (χ3n) is 2.53. The van der Waals surface area contributed by atoms with Crippen LogP contribution in [0.25, 0.3) is 0 Å². The predicted octanol–water partition coefficient (Wildman–Crippen LogP) is 1.36. The molecule has 15 heavy (non-hydrogen) atoms. The first-order valence-electron chi connectivity index (χ1n) is 4.59. The predicted molar refractivity (Wildman–Crippen MR) is 51.4 cm³/mol. The second-order valence-corrected chi connectivity index (χ2v) is 3.45. The molecular weight excluding hydrogens is 194 g/mol. The molecule has 1 aliphatic heterocycles. The SMILES string of the molecule is N#CC1(C(=O)O)CCc2ccccc2O1. The third-order valence-corrected chi connectivity index (χ3v) is 2.53. The van der Waals surface area contributed by atoms with Gasteiger partial charge in [-0.05, 0) is 18.1 Å². The Bertz CT molecular complexity index is 449. The summed E-state index contributed by atoms with van der Waals surface area (Å²) in [5.41, 5.74) is -0.765. The van der Waals surface area contributed by atoms with Crippen molar-refractivity contribution in [3.63, 3.8) is 0 Å². The number of carboxylic acid groups (broad SMARTS) is 1. The number of hydrogen-bond acceptors (Lipinski definition) is 3. The highest BCUT2D eigenvalue weighted by atomic mass is 16.5. The van der Waals surface area contributed by atoms with Crippen molar-refractivity contribution in [3.8, 4) is 11.8 Å². The van der Waals surface area contributed by atoms with Gasteiger partial charge in [-0.25, -0.2) is 4.79 Å². The Morgan fingerprint density at radius 3 is 2.93 bits per heavy atom. The zero-order valence-corrected chi connectivity index (χ0v) is 7.93. The molecule has 1 unspecified atom stereocenters. The summed E-state index contributed by atoms with van der Waals surface area (Å²) >= 11 is 0.